The maximum absolute atomic E-state index is 14.3. The number of rotatable bonds is 6. The zero-order chi connectivity index (χ0) is 25.4. The van der Waals surface area contributed by atoms with Crippen LogP contribution in [-0.2, 0) is 27.4 Å². The van der Waals surface area contributed by atoms with Gasteiger partial charge in [0.05, 0.1) is 16.1 Å². The summed E-state index contributed by atoms with van der Waals surface area (Å²) in [5.41, 5.74) is 0.408. The molecule has 2 atom stereocenters. The standard InChI is InChI=1S/C23H18F5N3O3S/c24-15-2-4-16(5-3-15)35(33,34)20-8-6-17(20)21(32)29-10-13-1-7-19(25)18(9-13)14-11-30-22(31-12-14)23(26,27)28/h1-5,7,9,11-12,17,20H,6,8,10H2,(H,29,32)/t17-,20+/m1/s1. The second-order valence-electron chi connectivity index (χ2n) is 8.05. The van der Waals surface area contributed by atoms with E-state index in [1.165, 1.54) is 12.1 Å². The van der Waals surface area contributed by atoms with Gasteiger partial charge in [0.2, 0.25) is 11.7 Å². The van der Waals surface area contributed by atoms with E-state index in [1.54, 1.807) is 0 Å². The molecule has 1 fully saturated rings. The molecule has 1 aromatic heterocycles. The second kappa shape index (κ2) is 9.33. The van der Waals surface area contributed by atoms with E-state index >= 15 is 0 Å². The molecular weight excluding hydrogens is 493 g/mol. The highest BCUT2D eigenvalue weighted by Gasteiger charge is 2.45. The van der Waals surface area contributed by atoms with Crippen LogP contribution >= 0.6 is 0 Å². The van der Waals surface area contributed by atoms with Gasteiger partial charge in [-0.1, -0.05) is 6.07 Å². The quantitative estimate of drug-likeness (QED) is 0.394. The summed E-state index contributed by atoms with van der Waals surface area (Å²) in [6.07, 6.45) is -2.38. The van der Waals surface area contributed by atoms with E-state index in [2.05, 4.69) is 15.3 Å². The number of carbonyl (C=O) groups is 1. The van der Waals surface area contributed by atoms with Crippen LogP contribution in [0.5, 0.6) is 0 Å². The van der Waals surface area contributed by atoms with Gasteiger partial charge in [0, 0.05) is 30.1 Å². The van der Waals surface area contributed by atoms with E-state index in [9.17, 15) is 35.2 Å². The van der Waals surface area contributed by atoms with Crippen molar-refractivity contribution < 1.29 is 35.2 Å². The van der Waals surface area contributed by atoms with E-state index in [4.69, 9.17) is 0 Å². The maximum atomic E-state index is 14.3. The Kier molecular flexibility index (Phi) is 6.58. The lowest BCUT2D eigenvalue weighted by molar-refractivity contribution is -0.145. The average molecular weight is 511 g/mol. The molecule has 0 bridgehead atoms. The van der Waals surface area contributed by atoms with Crippen LogP contribution in [0, 0.1) is 17.6 Å². The lowest BCUT2D eigenvalue weighted by Crippen LogP contribution is -2.47. The Labute approximate surface area is 197 Å². The molecule has 6 nitrogen and oxygen atoms in total. The normalized spacial score (nSPS) is 18.1. The van der Waals surface area contributed by atoms with Crippen molar-refractivity contribution in [2.75, 3.05) is 0 Å². The van der Waals surface area contributed by atoms with Gasteiger partial charge in [-0.15, -0.1) is 0 Å². The smallest absolute Gasteiger partial charge is 0.352 e. The van der Waals surface area contributed by atoms with E-state index in [1.807, 2.05) is 0 Å². The van der Waals surface area contributed by atoms with E-state index in [0.29, 0.717) is 12.0 Å². The van der Waals surface area contributed by atoms with Crippen LogP contribution in [0.1, 0.15) is 24.2 Å². The molecule has 0 radical (unpaired) electrons. The highest BCUT2D eigenvalue weighted by molar-refractivity contribution is 7.92. The lowest BCUT2D eigenvalue weighted by Gasteiger charge is -2.34. The van der Waals surface area contributed by atoms with Gasteiger partial charge in [-0.05, 0) is 54.8 Å². The van der Waals surface area contributed by atoms with Crippen molar-refractivity contribution in [1.29, 1.82) is 0 Å². The van der Waals surface area contributed by atoms with Gasteiger partial charge in [0.25, 0.3) is 0 Å². The fourth-order valence-electron chi connectivity index (χ4n) is 3.78. The number of carbonyl (C=O) groups excluding carboxylic acids is 1. The van der Waals surface area contributed by atoms with Crippen molar-refractivity contribution in [2.45, 2.75) is 35.7 Å². The number of benzene rings is 2. The van der Waals surface area contributed by atoms with Crippen LogP contribution in [0.4, 0.5) is 22.0 Å². The number of halogens is 5. The Morgan fingerprint density at radius 1 is 1.00 bits per heavy atom. The summed E-state index contributed by atoms with van der Waals surface area (Å²) >= 11 is 0. The summed E-state index contributed by atoms with van der Waals surface area (Å²) in [4.78, 5) is 19.0. The molecule has 1 saturated carbocycles. The fourth-order valence-corrected chi connectivity index (χ4v) is 5.78. The van der Waals surface area contributed by atoms with Gasteiger partial charge < -0.3 is 5.32 Å². The number of hydrogen-bond donors (Lipinski definition) is 1. The van der Waals surface area contributed by atoms with Crippen LogP contribution in [-0.4, -0.2) is 29.5 Å². The molecule has 12 heteroatoms. The summed E-state index contributed by atoms with van der Waals surface area (Å²) in [7, 11) is -3.83. The topological polar surface area (TPSA) is 89.0 Å². The van der Waals surface area contributed by atoms with E-state index in [-0.39, 0.29) is 29.0 Å². The minimum atomic E-state index is -4.73. The van der Waals surface area contributed by atoms with Gasteiger partial charge in [-0.2, -0.15) is 13.2 Å². The van der Waals surface area contributed by atoms with Crippen molar-refractivity contribution in [3.8, 4) is 11.1 Å². The zero-order valence-electron chi connectivity index (χ0n) is 17.9. The van der Waals surface area contributed by atoms with Crippen molar-refractivity contribution in [3.05, 3.63) is 77.9 Å². The predicted molar refractivity (Wildman–Crippen MR) is 114 cm³/mol. The molecule has 0 saturated heterocycles. The molecule has 1 N–H and O–H groups in total. The molecule has 4 rings (SSSR count). The molecule has 3 aromatic rings. The zero-order valence-corrected chi connectivity index (χ0v) is 18.7. The molecule has 1 heterocycles. The summed E-state index contributed by atoms with van der Waals surface area (Å²) in [6.45, 7) is -0.0621. The van der Waals surface area contributed by atoms with Gasteiger partial charge in [-0.3, -0.25) is 4.79 Å². The summed E-state index contributed by atoms with van der Waals surface area (Å²) in [5.74, 6) is -3.94. The largest absolute Gasteiger partial charge is 0.451 e. The third-order valence-corrected chi connectivity index (χ3v) is 8.09. The Hall–Kier alpha value is -3.41. The number of nitrogens with zero attached hydrogens (tertiary/aromatic N) is 2. The first kappa shape index (κ1) is 24.7. The molecule has 1 aliphatic carbocycles. The number of alkyl halides is 3. The molecule has 0 unspecified atom stereocenters. The lowest BCUT2D eigenvalue weighted by atomic mass is 9.84. The second-order valence-corrected chi connectivity index (χ2v) is 10.2. The van der Waals surface area contributed by atoms with E-state index in [0.717, 1.165) is 42.7 Å². The molecular formula is C23H18F5N3O3S. The molecule has 0 spiro atoms. The third-order valence-electron chi connectivity index (χ3n) is 5.80. The minimum absolute atomic E-state index is 0.0214. The summed E-state index contributed by atoms with van der Waals surface area (Å²) in [6, 6.07) is 8.21. The number of nitrogens with one attached hydrogen (secondary N) is 1. The first-order valence-corrected chi connectivity index (χ1v) is 12.0. The Balaban J connectivity index is 1.44. The maximum Gasteiger partial charge on any atom is 0.451 e. The number of hydrogen-bond acceptors (Lipinski definition) is 5. The van der Waals surface area contributed by atoms with Crippen molar-refractivity contribution >= 4 is 15.7 Å². The molecule has 1 aliphatic rings. The Morgan fingerprint density at radius 3 is 2.23 bits per heavy atom. The number of sulfone groups is 1. The van der Waals surface area contributed by atoms with Crippen LogP contribution in [0.15, 0.2) is 59.8 Å². The molecule has 0 aliphatic heterocycles. The fraction of sp³-hybridized carbons (Fsp3) is 0.261. The Morgan fingerprint density at radius 2 is 1.66 bits per heavy atom. The molecule has 1 amide bonds. The molecule has 35 heavy (non-hydrogen) atoms. The minimum Gasteiger partial charge on any atom is -0.352 e. The number of aromatic nitrogens is 2. The summed E-state index contributed by atoms with van der Waals surface area (Å²) in [5, 5.41) is 1.68. The van der Waals surface area contributed by atoms with Crippen LogP contribution in [0.2, 0.25) is 0 Å². The molecule has 2 aromatic carbocycles. The van der Waals surface area contributed by atoms with Gasteiger partial charge in [0.15, 0.2) is 9.84 Å². The monoisotopic (exact) mass is 511 g/mol. The van der Waals surface area contributed by atoms with Crippen molar-refractivity contribution in [2.24, 2.45) is 5.92 Å². The first-order chi connectivity index (χ1) is 16.5. The average Bonchev–Trinajstić information content (AvgIpc) is 2.77. The van der Waals surface area contributed by atoms with Gasteiger partial charge in [-0.25, -0.2) is 27.2 Å². The predicted octanol–water partition coefficient (Wildman–Crippen LogP) is 4.31. The van der Waals surface area contributed by atoms with Crippen LogP contribution < -0.4 is 5.32 Å². The highest BCUT2D eigenvalue weighted by Crippen LogP contribution is 2.37. The van der Waals surface area contributed by atoms with E-state index < -0.39 is 50.5 Å². The van der Waals surface area contributed by atoms with Crippen molar-refractivity contribution in [1.82, 2.24) is 15.3 Å². The highest BCUT2D eigenvalue weighted by atomic mass is 32.2. The Bertz CT molecular complexity index is 1340. The van der Waals surface area contributed by atoms with Crippen molar-refractivity contribution in [3.63, 3.8) is 0 Å². The first-order valence-electron chi connectivity index (χ1n) is 10.4. The van der Waals surface area contributed by atoms with Crippen LogP contribution in [0.3, 0.4) is 0 Å². The SMILES string of the molecule is O=C(NCc1ccc(F)c(-c2cnc(C(F)(F)F)nc2)c1)[C@@H]1CC[C@@H]1S(=O)(=O)c1ccc(F)cc1. The van der Waals surface area contributed by atoms with Gasteiger partial charge in [0.1, 0.15) is 11.6 Å². The van der Waals surface area contributed by atoms with Gasteiger partial charge >= 0.3 is 6.18 Å². The summed E-state index contributed by atoms with van der Waals surface area (Å²) < 4.78 is 91.0. The number of amides is 1. The molecule has 184 valence electrons. The third kappa shape index (κ3) is 5.16. The van der Waals surface area contributed by atoms with Crippen LogP contribution in [0.25, 0.3) is 11.1 Å².